The minimum Gasteiger partial charge on any atom is -0.493 e. The zero-order valence-electron chi connectivity index (χ0n) is 20.0. The molecule has 3 rings (SSSR count). The van der Waals surface area contributed by atoms with Crippen molar-refractivity contribution in [2.24, 2.45) is 0 Å². The van der Waals surface area contributed by atoms with Crippen LogP contribution in [0.15, 0.2) is 66.3 Å². The van der Waals surface area contributed by atoms with E-state index in [0.29, 0.717) is 34.6 Å². The van der Waals surface area contributed by atoms with E-state index in [9.17, 15) is 9.59 Å². The molecular weight excluding hydrogens is 466 g/mol. The number of nitrogens with one attached hydrogen (secondary N) is 2. The third-order valence-corrected chi connectivity index (χ3v) is 6.13. The lowest BCUT2D eigenvalue weighted by molar-refractivity contribution is -0.119. The molecule has 1 atom stereocenters. The molecule has 0 spiro atoms. The quantitative estimate of drug-likeness (QED) is 0.293. The van der Waals surface area contributed by atoms with Gasteiger partial charge in [-0.05, 0) is 30.7 Å². The van der Waals surface area contributed by atoms with Gasteiger partial charge in [0.1, 0.15) is 0 Å². The van der Waals surface area contributed by atoms with E-state index in [1.54, 1.807) is 24.3 Å². The smallest absolute Gasteiger partial charge is 0.251 e. The van der Waals surface area contributed by atoms with Crippen LogP contribution in [0.25, 0.3) is 0 Å². The fraction of sp³-hybridized carbons (Fsp3) is 0.280. The van der Waals surface area contributed by atoms with Gasteiger partial charge in [0.25, 0.3) is 5.91 Å². The van der Waals surface area contributed by atoms with E-state index >= 15 is 0 Å². The van der Waals surface area contributed by atoms with Crippen LogP contribution < -0.4 is 20.1 Å². The van der Waals surface area contributed by atoms with Gasteiger partial charge < -0.3 is 24.7 Å². The molecule has 10 heteroatoms. The van der Waals surface area contributed by atoms with E-state index in [1.807, 2.05) is 41.8 Å². The summed E-state index contributed by atoms with van der Waals surface area (Å²) in [5.41, 5.74) is 1.46. The molecule has 3 aromatic rings. The van der Waals surface area contributed by atoms with Crippen molar-refractivity contribution in [1.29, 1.82) is 0 Å². The minimum absolute atomic E-state index is 0.0994. The van der Waals surface area contributed by atoms with E-state index < -0.39 is 0 Å². The van der Waals surface area contributed by atoms with E-state index in [1.165, 1.54) is 26.0 Å². The first-order valence-electron chi connectivity index (χ1n) is 11.0. The molecule has 1 heterocycles. The number of ether oxygens (including phenoxy) is 2. The Labute approximate surface area is 208 Å². The van der Waals surface area contributed by atoms with E-state index in [-0.39, 0.29) is 30.2 Å². The number of hydrogen-bond donors (Lipinski definition) is 2. The van der Waals surface area contributed by atoms with Crippen LogP contribution in [0.3, 0.4) is 0 Å². The van der Waals surface area contributed by atoms with Gasteiger partial charge in [-0.25, -0.2) is 0 Å². The van der Waals surface area contributed by atoms with E-state index in [2.05, 4.69) is 27.4 Å². The van der Waals surface area contributed by atoms with Crippen molar-refractivity contribution in [1.82, 2.24) is 25.4 Å². The number of carbonyl (C=O) groups is 2. The van der Waals surface area contributed by atoms with Gasteiger partial charge in [0.15, 0.2) is 22.5 Å². The summed E-state index contributed by atoms with van der Waals surface area (Å²) in [5, 5.41) is 14.8. The third-order valence-electron chi connectivity index (χ3n) is 5.17. The molecule has 0 aliphatic heterocycles. The normalized spacial score (nSPS) is 11.4. The average molecular weight is 496 g/mol. The summed E-state index contributed by atoms with van der Waals surface area (Å²) in [6.07, 6.45) is 1.71. The topological polar surface area (TPSA) is 107 Å². The predicted molar refractivity (Wildman–Crippen MR) is 135 cm³/mol. The van der Waals surface area contributed by atoms with Gasteiger partial charge in [0.2, 0.25) is 5.91 Å². The fourth-order valence-electron chi connectivity index (χ4n) is 3.35. The number of benzene rings is 2. The van der Waals surface area contributed by atoms with Gasteiger partial charge in [0, 0.05) is 12.1 Å². The van der Waals surface area contributed by atoms with Crippen LogP contribution in [0.5, 0.6) is 11.5 Å². The number of methoxy groups -OCH3 is 2. The Morgan fingerprint density at radius 3 is 2.54 bits per heavy atom. The number of thioether (sulfide) groups is 1. The zero-order valence-corrected chi connectivity index (χ0v) is 20.8. The monoisotopic (exact) mass is 495 g/mol. The molecule has 0 aliphatic rings. The molecule has 1 aromatic heterocycles. The highest BCUT2D eigenvalue weighted by Gasteiger charge is 2.17. The van der Waals surface area contributed by atoms with Gasteiger partial charge in [-0.15, -0.1) is 16.8 Å². The molecule has 0 saturated carbocycles. The van der Waals surface area contributed by atoms with Crippen molar-refractivity contribution < 1.29 is 19.1 Å². The first kappa shape index (κ1) is 25.8. The largest absolute Gasteiger partial charge is 0.493 e. The van der Waals surface area contributed by atoms with Crippen LogP contribution in [0.1, 0.15) is 34.7 Å². The molecule has 184 valence electrons. The van der Waals surface area contributed by atoms with Crippen LogP contribution in [0, 0.1) is 0 Å². The summed E-state index contributed by atoms with van der Waals surface area (Å²) in [7, 11) is 3.05. The Morgan fingerprint density at radius 1 is 1.11 bits per heavy atom. The SMILES string of the molecule is C=CCn1c(CNC(=O)c2ccc(OC)c(OC)c2)nnc1SCC(=O)N[C@@H](C)c1ccccc1. The summed E-state index contributed by atoms with van der Waals surface area (Å²) in [6, 6.07) is 14.6. The van der Waals surface area contributed by atoms with Gasteiger partial charge in [0.05, 0.1) is 32.6 Å². The van der Waals surface area contributed by atoms with Gasteiger partial charge in [-0.1, -0.05) is 48.2 Å². The summed E-state index contributed by atoms with van der Waals surface area (Å²) < 4.78 is 12.3. The molecule has 0 saturated heterocycles. The standard InChI is InChI=1S/C25H29N5O4S/c1-5-13-30-22(15-26-24(32)19-11-12-20(33-3)21(14-19)34-4)28-29-25(30)35-16-23(31)27-17(2)18-9-7-6-8-10-18/h5-12,14,17H,1,13,15-16H2,2-4H3,(H,26,32)(H,27,31)/t17-/m0/s1. The summed E-state index contributed by atoms with van der Waals surface area (Å²) >= 11 is 1.28. The molecule has 9 nitrogen and oxygen atoms in total. The molecule has 0 aliphatic carbocycles. The maximum Gasteiger partial charge on any atom is 0.251 e. The molecule has 0 fully saturated rings. The molecule has 0 radical (unpaired) electrons. The fourth-order valence-corrected chi connectivity index (χ4v) is 4.12. The van der Waals surface area contributed by atoms with Crippen molar-refractivity contribution in [2.75, 3.05) is 20.0 Å². The Bertz CT molecular complexity index is 1170. The zero-order chi connectivity index (χ0) is 25.2. The first-order valence-corrected chi connectivity index (χ1v) is 12.0. The van der Waals surface area contributed by atoms with Crippen molar-refractivity contribution in [3.05, 3.63) is 78.1 Å². The molecule has 2 amide bonds. The van der Waals surface area contributed by atoms with Crippen LogP contribution >= 0.6 is 11.8 Å². The van der Waals surface area contributed by atoms with Crippen LogP contribution in [0.4, 0.5) is 0 Å². The highest BCUT2D eigenvalue weighted by Crippen LogP contribution is 2.27. The van der Waals surface area contributed by atoms with Crippen molar-refractivity contribution in [3.63, 3.8) is 0 Å². The van der Waals surface area contributed by atoms with Crippen LogP contribution in [-0.4, -0.2) is 46.6 Å². The summed E-state index contributed by atoms with van der Waals surface area (Å²) in [5.74, 6) is 1.35. The predicted octanol–water partition coefficient (Wildman–Crippen LogP) is 3.38. The van der Waals surface area contributed by atoms with Gasteiger partial charge in [-0.3, -0.25) is 9.59 Å². The van der Waals surface area contributed by atoms with Crippen molar-refractivity contribution in [3.8, 4) is 11.5 Å². The molecule has 0 bridgehead atoms. The number of nitrogens with zero attached hydrogens (tertiary/aromatic N) is 3. The molecule has 2 N–H and O–H groups in total. The van der Waals surface area contributed by atoms with Gasteiger partial charge >= 0.3 is 0 Å². The second-order valence-corrected chi connectivity index (χ2v) is 8.48. The van der Waals surface area contributed by atoms with E-state index in [0.717, 1.165) is 5.56 Å². The number of rotatable bonds is 12. The maximum atomic E-state index is 12.7. The minimum atomic E-state index is -0.289. The Hall–Kier alpha value is -3.79. The number of allylic oxidation sites excluding steroid dienone is 1. The van der Waals surface area contributed by atoms with Crippen molar-refractivity contribution in [2.45, 2.75) is 31.2 Å². The number of hydrogen-bond acceptors (Lipinski definition) is 7. The molecule has 0 unspecified atom stereocenters. The Morgan fingerprint density at radius 2 is 1.86 bits per heavy atom. The Balaban J connectivity index is 1.60. The van der Waals surface area contributed by atoms with Crippen molar-refractivity contribution >= 4 is 23.6 Å². The molecule has 35 heavy (non-hydrogen) atoms. The second kappa shape index (κ2) is 12.6. The first-order chi connectivity index (χ1) is 17.0. The number of aromatic nitrogens is 3. The Kier molecular flexibility index (Phi) is 9.31. The third kappa shape index (κ3) is 6.86. The maximum absolute atomic E-state index is 12.7. The average Bonchev–Trinajstić information content (AvgIpc) is 3.27. The lowest BCUT2D eigenvalue weighted by Crippen LogP contribution is -2.28. The summed E-state index contributed by atoms with van der Waals surface area (Å²) in [4.78, 5) is 25.1. The van der Waals surface area contributed by atoms with Crippen LogP contribution in [-0.2, 0) is 17.9 Å². The highest BCUT2D eigenvalue weighted by atomic mass is 32.2. The lowest BCUT2D eigenvalue weighted by atomic mass is 10.1. The van der Waals surface area contributed by atoms with E-state index in [4.69, 9.17) is 9.47 Å². The number of amides is 2. The van der Waals surface area contributed by atoms with Crippen LogP contribution in [0.2, 0.25) is 0 Å². The lowest BCUT2D eigenvalue weighted by Gasteiger charge is -2.14. The highest BCUT2D eigenvalue weighted by molar-refractivity contribution is 7.99. The molecular formula is C25H29N5O4S. The second-order valence-electron chi connectivity index (χ2n) is 7.54. The number of carbonyl (C=O) groups excluding carboxylic acids is 2. The molecule has 2 aromatic carbocycles. The summed E-state index contributed by atoms with van der Waals surface area (Å²) in [6.45, 7) is 6.33. The van der Waals surface area contributed by atoms with Gasteiger partial charge in [-0.2, -0.15) is 0 Å².